The van der Waals surface area contributed by atoms with Crippen LogP contribution in [-0.4, -0.2) is 23.4 Å². The summed E-state index contributed by atoms with van der Waals surface area (Å²) in [5.41, 5.74) is 6.45. The molecule has 0 saturated carbocycles. The van der Waals surface area contributed by atoms with Crippen molar-refractivity contribution in [1.29, 1.82) is 5.26 Å². The van der Waals surface area contributed by atoms with Crippen LogP contribution in [0, 0.1) is 18.3 Å². The highest BCUT2D eigenvalue weighted by molar-refractivity contribution is 7.93. The van der Waals surface area contributed by atoms with Crippen LogP contribution < -0.4 is 10.5 Å². The number of nitrogens with zero attached hydrogens (tertiary/aromatic N) is 3. The average molecular weight is 243 g/mol. The van der Waals surface area contributed by atoms with Gasteiger partial charge < -0.3 is 5.73 Å². The topological polar surface area (TPSA) is 114 Å². The molecule has 0 aliphatic carbocycles. The number of hydrogen-bond acceptors (Lipinski definition) is 5. The van der Waals surface area contributed by atoms with Crippen molar-refractivity contribution in [2.45, 2.75) is 19.1 Å². The maximum absolute atomic E-state index is 11.6. The van der Waals surface area contributed by atoms with Crippen molar-refractivity contribution >= 4 is 21.5 Å². The Balaban J connectivity index is 3.12. The third-order valence-electron chi connectivity index (χ3n) is 2.15. The van der Waals surface area contributed by atoms with Crippen LogP contribution in [0.15, 0.2) is 0 Å². The Morgan fingerprint density at radius 3 is 2.56 bits per heavy atom. The van der Waals surface area contributed by atoms with Crippen LogP contribution in [0.1, 0.15) is 12.6 Å². The summed E-state index contributed by atoms with van der Waals surface area (Å²) in [6, 6.07) is 1.65. The summed E-state index contributed by atoms with van der Waals surface area (Å²) in [4.78, 5) is 0. The minimum absolute atomic E-state index is 0.180. The molecule has 0 aromatic carbocycles. The zero-order valence-corrected chi connectivity index (χ0v) is 10.0. The number of nitriles is 1. The van der Waals surface area contributed by atoms with E-state index >= 15 is 0 Å². The minimum Gasteiger partial charge on any atom is -0.394 e. The molecule has 0 saturated heterocycles. The van der Waals surface area contributed by atoms with E-state index in [4.69, 9.17) is 11.0 Å². The van der Waals surface area contributed by atoms with Gasteiger partial charge in [-0.2, -0.15) is 10.4 Å². The third kappa shape index (κ3) is 2.09. The molecule has 1 aromatic heterocycles. The standard InChI is InChI=1S/C8H13N5O2S/c1-5(4-9)16(14,15)12-8-7(10)6(2)11-13(8)3/h5,12H,10H2,1-3H3. The lowest BCUT2D eigenvalue weighted by Crippen LogP contribution is -2.25. The van der Waals surface area contributed by atoms with Crippen molar-refractivity contribution in [3.63, 3.8) is 0 Å². The summed E-state index contributed by atoms with van der Waals surface area (Å²) in [5, 5.41) is 11.4. The Labute approximate surface area is 93.9 Å². The van der Waals surface area contributed by atoms with Gasteiger partial charge in [0.2, 0.25) is 10.0 Å². The molecule has 1 heterocycles. The Morgan fingerprint density at radius 1 is 1.62 bits per heavy atom. The second-order valence-corrected chi connectivity index (χ2v) is 5.39. The van der Waals surface area contributed by atoms with E-state index in [1.807, 2.05) is 0 Å². The van der Waals surface area contributed by atoms with Crippen LogP contribution in [-0.2, 0) is 17.1 Å². The highest BCUT2D eigenvalue weighted by atomic mass is 32.2. The lowest BCUT2D eigenvalue weighted by molar-refractivity contribution is 0.596. The van der Waals surface area contributed by atoms with E-state index in [1.165, 1.54) is 11.6 Å². The maximum atomic E-state index is 11.6. The molecule has 0 fully saturated rings. The molecular weight excluding hydrogens is 230 g/mol. The summed E-state index contributed by atoms with van der Waals surface area (Å²) in [6.07, 6.45) is 0. The highest BCUT2D eigenvalue weighted by Crippen LogP contribution is 2.22. The number of nitrogen functional groups attached to an aromatic ring is 1. The molecule has 0 aliphatic heterocycles. The molecule has 0 radical (unpaired) electrons. The van der Waals surface area contributed by atoms with Crippen molar-refractivity contribution in [1.82, 2.24) is 9.78 Å². The van der Waals surface area contributed by atoms with E-state index in [0.29, 0.717) is 5.69 Å². The number of rotatable bonds is 3. The van der Waals surface area contributed by atoms with Gasteiger partial charge in [0.25, 0.3) is 0 Å². The van der Waals surface area contributed by atoms with Crippen LogP contribution in [0.25, 0.3) is 0 Å². The predicted molar refractivity (Wildman–Crippen MR) is 60.0 cm³/mol. The van der Waals surface area contributed by atoms with E-state index < -0.39 is 15.3 Å². The molecule has 0 amide bonds. The van der Waals surface area contributed by atoms with Crippen molar-refractivity contribution in [3.8, 4) is 6.07 Å². The molecule has 0 aliphatic rings. The fourth-order valence-electron chi connectivity index (χ4n) is 1.09. The number of aromatic nitrogens is 2. The summed E-state index contributed by atoms with van der Waals surface area (Å²) in [7, 11) is -2.18. The molecular formula is C8H13N5O2S. The van der Waals surface area contributed by atoms with E-state index in [9.17, 15) is 8.42 Å². The Morgan fingerprint density at radius 2 is 2.19 bits per heavy atom. The average Bonchev–Trinajstić information content (AvgIpc) is 2.43. The maximum Gasteiger partial charge on any atom is 0.250 e. The molecule has 1 aromatic rings. The molecule has 0 spiro atoms. The Hall–Kier alpha value is -1.75. The monoisotopic (exact) mass is 243 g/mol. The first-order valence-electron chi connectivity index (χ1n) is 4.50. The van der Waals surface area contributed by atoms with Crippen molar-refractivity contribution in [3.05, 3.63) is 5.69 Å². The summed E-state index contributed by atoms with van der Waals surface area (Å²) >= 11 is 0. The Kier molecular flexibility index (Phi) is 3.09. The molecule has 16 heavy (non-hydrogen) atoms. The quantitative estimate of drug-likeness (QED) is 0.773. The lowest BCUT2D eigenvalue weighted by atomic mass is 10.4. The molecule has 1 atom stereocenters. The van der Waals surface area contributed by atoms with Gasteiger partial charge in [-0.05, 0) is 13.8 Å². The van der Waals surface area contributed by atoms with Crippen LogP contribution in [0.2, 0.25) is 0 Å². The normalized spacial score (nSPS) is 13.1. The summed E-state index contributed by atoms with van der Waals surface area (Å²) in [5.74, 6) is 0.180. The van der Waals surface area contributed by atoms with Gasteiger partial charge in [-0.15, -0.1) is 0 Å². The van der Waals surface area contributed by atoms with Gasteiger partial charge in [-0.25, -0.2) is 13.1 Å². The molecule has 7 nitrogen and oxygen atoms in total. The first kappa shape index (κ1) is 12.3. The van der Waals surface area contributed by atoms with Gasteiger partial charge in [-0.1, -0.05) is 0 Å². The van der Waals surface area contributed by atoms with Crippen molar-refractivity contribution in [2.75, 3.05) is 10.5 Å². The van der Waals surface area contributed by atoms with Crippen molar-refractivity contribution < 1.29 is 8.42 Å². The summed E-state index contributed by atoms with van der Waals surface area (Å²) in [6.45, 7) is 2.96. The van der Waals surface area contributed by atoms with Gasteiger partial charge in [0, 0.05) is 7.05 Å². The lowest BCUT2D eigenvalue weighted by Gasteiger charge is -2.09. The van der Waals surface area contributed by atoms with Gasteiger partial charge in [0.15, 0.2) is 11.1 Å². The number of aryl methyl sites for hydroxylation is 2. The fourth-order valence-corrected chi connectivity index (χ4v) is 1.92. The van der Waals surface area contributed by atoms with Gasteiger partial charge >= 0.3 is 0 Å². The van der Waals surface area contributed by atoms with E-state index in [2.05, 4.69) is 9.82 Å². The zero-order chi connectivity index (χ0) is 12.5. The zero-order valence-electron chi connectivity index (χ0n) is 9.22. The van der Waals surface area contributed by atoms with E-state index in [1.54, 1.807) is 20.0 Å². The molecule has 0 bridgehead atoms. The molecule has 8 heteroatoms. The first-order chi connectivity index (χ1) is 7.29. The SMILES string of the molecule is Cc1nn(C)c(NS(=O)(=O)C(C)C#N)c1N. The highest BCUT2D eigenvalue weighted by Gasteiger charge is 2.23. The first-order valence-corrected chi connectivity index (χ1v) is 6.04. The minimum atomic E-state index is -3.75. The third-order valence-corrected chi connectivity index (χ3v) is 3.67. The van der Waals surface area contributed by atoms with Crippen LogP contribution in [0.5, 0.6) is 0 Å². The molecule has 1 unspecified atom stereocenters. The molecule has 1 rings (SSSR count). The fraction of sp³-hybridized carbons (Fsp3) is 0.500. The second-order valence-electron chi connectivity index (χ2n) is 3.39. The smallest absolute Gasteiger partial charge is 0.250 e. The number of anilines is 2. The van der Waals surface area contributed by atoms with Crippen LogP contribution in [0.4, 0.5) is 11.5 Å². The van der Waals surface area contributed by atoms with Gasteiger partial charge in [-0.3, -0.25) is 4.72 Å². The van der Waals surface area contributed by atoms with Crippen LogP contribution in [0.3, 0.4) is 0 Å². The summed E-state index contributed by atoms with van der Waals surface area (Å²) < 4.78 is 26.8. The molecule has 3 N–H and O–H groups in total. The largest absolute Gasteiger partial charge is 0.394 e. The number of hydrogen-bond donors (Lipinski definition) is 2. The number of nitrogens with two attached hydrogens (primary N) is 1. The predicted octanol–water partition coefficient (Wildman–Crippen LogP) is -0.0355. The van der Waals surface area contributed by atoms with Gasteiger partial charge in [0.1, 0.15) is 0 Å². The van der Waals surface area contributed by atoms with Crippen LogP contribution >= 0.6 is 0 Å². The van der Waals surface area contributed by atoms with E-state index in [0.717, 1.165) is 0 Å². The van der Waals surface area contributed by atoms with Crippen molar-refractivity contribution in [2.24, 2.45) is 7.05 Å². The van der Waals surface area contributed by atoms with Gasteiger partial charge in [0.05, 0.1) is 17.5 Å². The Bertz CT molecular complexity index is 540. The number of nitrogens with one attached hydrogen (secondary N) is 1. The second kappa shape index (κ2) is 4.02. The number of sulfonamides is 1. The van der Waals surface area contributed by atoms with E-state index in [-0.39, 0.29) is 11.5 Å². The molecule has 88 valence electrons.